The Bertz CT molecular complexity index is 727. The molecule has 3 rings (SSSR count). The van der Waals surface area contributed by atoms with Gasteiger partial charge in [-0.15, -0.1) is 0 Å². The van der Waals surface area contributed by atoms with Crippen LogP contribution in [0, 0.1) is 12.7 Å². The van der Waals surface area contributed by atoms with Crippen LogP contribution >= 0.6 is 0 Å². The second kappa shape index (κ2) is 4.35. The maximum atomic E-state index is 13.7. The molecule has 0 aliphatic rings. The van der Waals surface area contributed by atoms with Gasteiger partial charge in [0.2, 0.25) is 0 Å². The van der Waals surface area contributed by atoms with Crippen LogP contribution in [-0.2, 0) is 7.05 Å². The third kappa shape index (κ3) is 2.03. The molecule has 0 radical (unpaired) electrons. The Kier molecular flexibility index (Phi) is 2.67. The van der Waals surface area contributed by atoms with Crippen LogP contribution < -0.4 is 0 Å². The number of nitrogens with zero attached hydrogens (tertiary/aromatic N) is 4. The Morgan fingerprint density at radius 3 is 2.63 bits per heavy atom. The fourth-order valence-electron chi connectivity index (χ4n) is 2.05. The molecule has 4 nitrogen and oxygen atoms in total. The SMILES string of the molecule is Cc1cn(-c2ccccc2F)nc1-c1cnn(C)c1. The van der Waals surface area contributed by atoms with Crippen molar-refractivity contribution in [3.8, 4) is 16.9 Å². The van der Waals surface area contributed by atoms with E-state index in [0.717, 1.165) is 16.8 Å². The van der Waals surface area contributed by atoms with E-state index in [-0.39, 0.29) is 5.82 Å². The van der Waals surface area contributed by atoms with Gasteiger partial charge in [0.05, 0.1) is 11.9 Å². The summed E-state index contributed by atoms with van der Waals surface area (Å²) >= 11 is 0. The van der Waals surface area contributed by atoms with Gasteiger partial charge in [0.25, 0.3) is 0 Å². The number of hydrogen-bond acceptors (Lipinski definition) is 2. The van der Waals surface area contributed by atoms with Gasteiger partial charge >= 0.3 is 0 Å². The van der Waals surface area contributed by atoms with Crippen molar-refractivity contribution in [1.82, 2.24) is 19.6 Å². The molecule has 2 aromatic heterocycles. The standard InChI is InChI=1S/C14H13FN4/c1-10-8-19(13-6-4-3-5-12(13)15)17-14(10)11-7-16-18(2)9-11/h3-9H,1-2H3. The van der Waals surface area contributed by atoms with E-state index in [1.165, 1.54) is 6.07 Å². The molecule has 0 N–H and O–H groups in total. The number of halogens is 1. The molecule has 0 fully saturated rings. The molecule has 0 spiro atoms. The van der Waals surface area contributed by atoms with Crippen molar-refractivity contribution in [3.63, 3.8) is 0 Å². The second-order valence-corrected chi connectivity index (χ2v) is 4.46. The van der Waals surface area contributed by atoms with Crippen molar-refractivity contribution in [3.05, 3.63) is 54.2 Å². The number of aryl methyl sites for hydroxylation is 2. The molecule has 0 aliphatic heterocycles. The van der Waals surface area contributed by atoms with E-state index < -0.39 is 0 Å². The number of hydrogen-bond donors (Lipinski definition) is 0. The fraction of sp³-hybridized carbons (Fsp3) is 0.143. The molecule has 0 saturated heterocycles. The van der Waals surface area contributed by atoms with Gasteiger partial charge in [-0.25, -0.2) is 9.07 Å². The van der Waals surface area contributed by atoms with Crippen LogP contribution in [0.3, 0.4) is 0 Å². The first kappa shape index (κ1) is 11.6. The van der Waals surface area contributed by atoms with Crippen molar-refractivity contribution >= 4 is 0 Å². The minimum absolute atomic E-state index is 0.289. The molecule has 0 saturated carbocycles. The lowest BCUT2D eigenvalue weighted by Crippen LogP contribution is -1.97. The topological polar surface area (TPSA) is 35.6 Å². The van der Waals surface area contributed by atoms with Crippen LogP contribution in [0.25, 0.3) is 16.9 Å². The molecular weight excluding hydrogens is 243 g/mol. The summed E-state index contributed by atoms with van der Waals surface area (Å²) in [7, 11) is 1.85. The lowest BCUT2D eigenvalue weighted by Gasteiger charge is -2.01. The highest BCUT2D eigenvalue weighted by atomic mass is 19.1. The van der Waals surface area contributed by atoms with E-state index in [0.29, 0.717) is 5.69 Å². The maximum Gasteiger partial charge on any atom is 0.148 e. The summed E-state index contributed by atoms with van der Waals surface area (Å²) in [5, 5.41) is 8.57. The molecule has 5 heteroatoms. The lowest BCUT2D eigenvalue weighted by molar-refractivity contribution is 0.611. The summed E-state index contributed by atoms with van der Waals surface area (Å²) < 4.78 is 17.0. The van der Waals surface area contributed by atoms with E-state index in [1.807, 2.05) is 26.4 Å². The highest BCUT2D eigenvalue weighted by Crippen LogP contribution is 2.23. The van der Waals surface area contributed by atoms with Gasteiger partial charge in [-0.3, -0.25) is 4.68 Å². The van der Waals surface area contributed by atoms with E-state index in [4.69, 9.17) is 0 Å². The first-order valence-corrected chi connectivity index (χ1v) is 5.95. The molecular formula is C14H13FN4. The monoisotopic (exact) mass is 256 g/mol. The van der Waals surface area contributed by atoms with Crippen LogP contribution in [0.5, 0.6) is 0 Å². The summed E-state index contributed by atoms with van der Waals surface area (Å²) in [5.41, 5.74) is 3.17. The summed E-state index contributed by atoms with van der Waals surface area (Å²) in [4.78, 5) is 0. The summed E-state index contributed by atoms with van der Waals surface area (Å²) in [6, 6.07) is 6.58. The third-order valence-electron chi connectivity index (χ3n) is 2.97. The number of para-hydroxylation sites is 1. The van der Waals surface area contributed by atoms with Gasteiger partial charge in [-0.05, 0) is 24.6 Å². The van der Waals surface area contributed by atoms with Crippen molar-refractivity contribution in [2.75, 3.05) is 0 Å². The Balaban J connectivity index is 2.10. The van der Waals surface area contributed by atoms with E-state index in [9.17, 15) is 4.39 Å². The third-order valence-corrected chi connectivity index (χ3v) is 2.97. The number of rotatable bonds is 2. The first-order valence-electron chi connectivity index (χ1n) is 5.95. The largest absolute Gasteiger partial charge is 0.275 e. The van der Waals surface area contributed by atoms with Gasteiger partial charge in [0.1, 0.15) is 11.5 Å². The number of benzene rings is 1. The fourth-order valence-corrected chi connectivity index (χ4v) is 2.05. The van der Waals surface area contributed by atoms with E-state index in [2.05, 4.69) is 10.2 Å². The molecule has 96 valence electrons. The Morgan fingerprint density at radius 2 is 1.95 bits per heavy atom. The van der Waals surface area contributed by atoms with E-state index >= 15 is 0 Å². The average Bonchev–Trinajstić information content (AvgIpc) is 2.96. The smallest absolute Gasteiger partial charge is 0.148 e. The normalized spacial score (nSPS) is 10.9. The van der Waals surface area contributed by atoms with Crippen LogP contribution in [0.2, 0.25) is 0 Å². The predicted octanol–water partition coefficient (Wildman–Crippen LogP) is 2.72. The summed E-state index contributed by atoms with van der Waals surface area (Å²) in [6.07, 6.45) is 5.46. The molecule has 0 amide bonds. The molecule has 0 aliphatic carbocycles. The lowest BCUT2D eigenvalue weighted by atomic mass is 10.2. The summed E-state index contributed by atoms with van der Waals surface area (Å²) in [5.74, 6) is -0.289. The minimum atomic E-state index is -0.289. The van der Waals surface area contributed by atoms with Gasteiger partial charge in [0.15, 0.2) is 0 Å². The molecule has 3 aromatic rings. The molecule has 0 bridgehead atoms. The molecule has 0 atom stereocenters. The molecule has 2 heterocycles. The summed E-state index contributed by atoms with van der Waals surface area (Å²) in [6.45, 7) is 1.95. The van der Waals surface area contributed by atoms with Gasteiger partial charge < -0.3 is 0 Å². The highest BCUT2D eigenvalue weighted by Gasteiger charge is 2.12. The molecule has 0 unspecified atom stereocenters. The highest BCUT2D eigenvalue weighted by molar-refractivity contribution is 5.61. The van der Waals surface area contributed by atoms with Crippen molar-refractivity contribution in [2.45, 2.75) is 6.92 Å². The average molecular weight is 256 g/mol. The van der Waals surface area contributed by atoms with Gasteiger partial charge in [-0.1, -0.05) is 12.1 Å². The zero-order valence-electron chi connectivity index (χ0n) is 10.7. The van der Waals surface area contributed by atoms with Crippen LogP contribution in [0.4, 0.5) is 4.39 Å². The second-order valence-electron chi connectivity index (χ2n) is 4.46. The van der Waals surface area contributed by atoms with Gasteiger partial charge in [0, 0.05) is 25.0 Å². The van der Waals surface area contributed by atoms with E-state index in [1.54, 1.807) is 33.8 Å². The van der Waals surface area contributed by atoms with Crippen molar-refractivity contribution in [1.29, 1.82) is 0 Å². The molecule has 19 heavy (non-hydrogen) atoms. The van der Waals surface area contributed by atoms with Crippen LogP contribution in [-0.4, -0.2) is 19.6 Å². The quantitative estimate of drug-likeness (QED) is 0.706. The van der Waals surface area contributed by atoms with Crippen molar-refractivity contribution in [2.24, 2.45) is 7.05 Å². The molecule has 1 aromatic carbocycles. The Morgan fingerprint density at radius 1 is 1.16 bits per heavy atom. The number of aromatic nitrogens is 4. The zero-order valence-corrected chi connectivity index (χ0v) is 10.7. The minimum Gasteiger partial charge on any atom is -0.275 e. The zero-order chi connectivity index (χ0) is 13.4. The Hall–Kier alpha value is -2.43. The first-order chi connectivity index (χ1) is 9.15. The predicted molar refractivity (Wildman–Crippen MR) is 70.5 cm³/mol. The maximum absolute atomic E-state index is 13.7. The van der Waals surface area contributed by atoms with Crippen LogP contribution in [0.1, 0.15) is 5.56 Å². The van der Waals surface area contributed by atoms with Crippen LogP contribution in [0.15, 0.2) is 42.9 Å². The van der Waals surface area contributed by atoms with Gasteiger partial charge in [-0.2, -0.15) is 10.2 Å². The van der Waals surface area contributed by atoms with Crippen molar-refractivity contribution < 1.29 is 4.39 Å². The Labute approximate surface area is 110 Å².